The molecular weight excluding hydrogens is 431 g/mol. The van der Waals surface area contributed by atoms with Crippen LogP contribution in [0, 0.1) is 10.5 Å². The van der Waals surface area contributed by atoms with Gasteiger partial charge in [0.25, 0.3) is 0 Å². The number of aryl methyl sites for hydroxylation is 2. The first-order valence-electron chi connectivity index (χ1n) is 6.59. The molecule has 0 radical (unpaired) electrons. The molecule has 0 aliphatic rings. The molecule has 4 nitrogen and oxygen atoms in total. The third kappa shape index (κ3) is 3.23. The first kappa shape index (κ1) is 15.9. The van der Waals surface area contributed by atoms with Gasteiger partial charge in [-0.2, -0.15) is 0 Å². The van der Waals surface area contributed by atoms with Crippen LogP contribution in [0.3, 0.4) is 0 Å². The molecule has 1 aromatic carbocycles. The molecule has 1 heterocycles. The van der Waals surface area contributed by atoms with Gasteiger partial charge in [0.05, 0.1) is 11.7 Å². The maximum absolute atomic E-state index is 4.11. The van der Waals surface area contributed by atoms with Crippen LogP contribution in [0.5, 0.6) is 0 Å². The Bertz CT molecular complexity index is 577. The van der Waals surface area contributed by atoms with Gasteiger partial charge in [0.1, 0.15) is 0 Å². The third-order valence-electron chi connectivity index (χ3n) is 3.23. The average Bonchev–Trinajstić information content (AvgIpc) is 2.75. The predicted molar refractivity (Wildman–Crippen MR) is 92.7 cm³/mol. The van der Waals surface area contributed by atoms with Crippen molar-refractivity contribution in [1.29, 1.82) is 0 Å². The average molecular weight is 449 g/mol. The Hall–Kier alpha value is -0.470. The van der Waals surface area contributed by atoms with E-state index in [9.17, 15) is 0 Å². The molecule has 1 atom stereocenters. The van der Waals surface area contributed by atoms with Gasteiger partial charge in [0, 0.05) is 10.6 Å². The van der Waals surface area contributed by atoms with Crippen LogP contribution in [-0.4, -0.2) is 21.5 Å². The van der Waals surface area contributed by atoms with Gasteiger partial charge in [-0.15, -0.1) is 5.10 Å². The van der Waals surface area contributed by atoms with E-state index in [0.717, 1.165) is 23.3 Å². The van der Waals surface area contributed by atoms with Crippen molar-refractivity contribution >= 4 is 38.5 Å². The Morgan fingerprint density at radius 1 is 1.45 bits per heavy atom. The quantitative estimate of drug-likeness (QED) is 0.711. The molecule has 0 aliphatic carbocycles. The van der Waals surface area contributed by atoms with Crippen molar-refractivity contribution in [3.8, 4) is 0 Å². The molecule has 6 heteroatoms. The smallest absolute Gasteiger partial charge is 0.153 e. The largest absolute Gasteiger partial charge is 0.305 e. The molecule has 0 bridgehead atoms. The number of aromatic nitrogens is 3. The van der Waals surface area contributed by atoms with Crippen LogP contribution >= 0.6 is 38.5 Å². The normalized spacial score (nSPS) is 12.7. The van der Waals surface area contributed by atoms with Crippen molar-refractivity contribution in [2.45, 2.75) is 26.3 Å². The fraction of sp³-hybridized carbons (Fsp3) is 0.429. The summed E-state index contributed by atoms with van der Waals surface area (Å²) in [6.07, 6.45) is 1.09. The van der Waals surface area contributed by atoms with Crippen LogP contribution < -0.4 is 5.32 Å². The van der Waals surface area contributed by atoms with E-state index in [1.54, 1.807) is 0 Å². The molecule has 108 valence electrons. The second-order valence-corrected chi connectivity index (χ2v) is 6.58. The van der Waals surface area contributed by atoms with Crippen LogP contribution in [0.25, 0.3) is 0 Å². The second-order valence-electron chi connectivity index (χ2n) is 4.75. The van der Waals surface area contributed by atoms with E-state index in [1.165, 1.54) is 14.7 Å². The summed E-state index contributed by atoms with van der Waals surface area (Å²) in [5.74, 6) is 0. The van der Waals surface area contributed by atoms with E-state index in [4.69, 9.17) is 0 Å². The minimum absolute atomic E-state index is 0.0936. The number of rotatable bonds is 5. The van der Waals surface area contributed by atoms with Gasteiger partial charge in [-0.3, -0.25) is 0 Å². The van der Waals surface area contributed by atoms with Crippen LogP contribution in [0.15, 0.2) is 22.8 Å². The molecule has 0 saturated carbocycles. The van der Waals surface area contributed by atoms with Crippen molar-refractivity contribution in [2.24, 2.45) is 7.05 Å². The van der Waals surface area contributed by atoms with E-state index in [1.807, 2.05) is 11.7 Å². The number of benzene rings is 1. The summed E-state index contributed by atoms with van der Waals surface area (Å²) < 4.78 is 3.91. The molecule has 1 aromatic heterocycles. The summed E-state index contributed by atoms with van der Waals surface area (Å²) in [4.78, 5) is 0. The van der Waals surface area contributed by atoms with Gasteiger partial charge < -0.3 is 5.32 Å². The van der Waals surface area contributed by atoms with Crippen LogP contribution in [0.4, 0.5) is 0 Å². The summed E-state index contributed by atoms with van der Waals surface area (Å²) in [6.45, 7) is 5.26. The van der Waals surface area contributed by atoms with Crippen molar-refractivity contribution in [3.05, 3.63) is 43.2 Å². The molecule has 20 heavy (non-hydrogen) atoms. The highest BCUT2D eigenvalue weighted by atomic mass is 127. The molecule has 0 aliphatic heterocycles. The second kappa shape index (κ2) is 7.00. The SMILES string of the molecule is CCCNC(c1cccc(C)c1I)c1c(Br)nnn1C. The number of hydrogen-bond acceptors (Lipinski definition) is 3. The molecule has 0 amide bonds. The third-order valence-corrected chi connectivity index (χ3v) is 5.27. The van der Waals surface area contributed by atoms with E-state index in [0.29, 0.717) is 0 Å². The van der Waals surface area contributed by atoms with Gasteiger partial charge in [-0.1, -0.05) is 30.3 Å². The Kier molecular flexibility index (Phi) is 5.57. The Labute approximate surface area is 141 Å². The van der Waals surface area contributed by atoms with Gasteiger partial charge in [0.15, 0.2) is 4.60 Å². The maximum Gasteiger partial charge on any atom is 0.153 e. The zero-order valence-electron chi connectivity index (χ0n) is 11.8. The van der Waals surface area contributed by atoms with E-state index in [-0.39, 0.29) is 6.04 Å². The summed E-state index contributed by atoms with van der Waals surface area (Å²) >= 11 is 5.93. The van der Waals surface area contributed by atoms with Crippen molar-refractivity contribution in [1.82, 2.24) is 20.3 Å². The van der Waals surface area contributed by atoms with Gasteiger partial charge in [-0.25, -0.2) is 4.68 Å². The lowest BCUT2D eigenvalue weighted by Gasteiger charge is -2.21. The van der Waals surface area contributed by atoms with E-state index >= 15 is 0 Å². The summed E-state index contributed by atoms with van der Waals surface area (Å²) in [6, 6.07) is 6.50. The molecule has 1 unspecified atom stereocenters. The van der Waals surface area contributed by atoms with Gasteiger partial charge >= 0.3 is 0 Å². The fourth-order valence-corrected chi connectivity index (χ4v) is 3.41. The van der Waals surface area contributed by atoms with Crippen molar-refractivity contribution in [2.75, 3.05) is 6.54 Å². The van der Waals surface area contributed by atoms with Gasteiger partial charge in [-0.05, 0) is 69.5 Å². The first-order chi connectivity index (χ1) is 9.56. The van der Waals surface area contributed by atoms with Gasteiger partial charge in [0.2, 0.25) is 0 Å². The fourth-order valence-electron chi connectivity index (χ4n) is 2.18. The van der Waals surface area contributed by atoms with Crippen LogP contribution in [-0.2, 0) is 7.05 Å². The van der Waals surface area contributed by atoms with Crippen molar-refractivity contribution < 1.29 is 0 Å². The molecular formula is C14H18BrIN4. The number of hydrogen-bond donors (Lipinski definition) is 1. The monoisotopic (exact) mass is 448 g/mol. The Balaban J connectivity index is 2.50. The number of halogens is 2. The summed E-state index contributed by atoms with van der Waals surface area (Å²) in [5.41, 5.74) is 3.62. The minimum Gasteiger partial charge on any atom is -0.305 e. The maximum atomic E-state index is 4.11. The molecule has 2 rings (SSSR count). The van der Waals surface area contributed by atoms with E-state index in [2.05, 4.69) is 86.2 Å². The lowest BCUT2D eigenvalue weighted by Crippen LogP contribution is -2.26. The Morgan fingerprint density at radius 3 is 2.80 bits per heavy atom. The first-order valence-corrected chi connectivity index (χ1v) is 8.46. The highest BCUT2D eigenvalue weighted by molar-refractivity contribution is 14.1. The molecule has 0 saturated heterocycles. The lowest BCUT2D eigenvalue weighted by molar-refractivity contribution is 0.547. The topological polar surface area (TPSA) is 42.7 Å². The molecule has 0 fully saturated rings. The molecule has 1 N–H and O–H groups in total. The zero-order valence-corrected chi connectivity index (χ0v) is 15.6. The molecule has 2 aromatic rings. The standard InChI is InChI=1S/C14H18BrIN4/c1-4-8-17-12(13-14(15)18-19-20(13)3)10-7-5-6-9(2)11(10)16/h5-7,12,17H,4,8H2,1-3H3. The number of nitrogens with one attached hydrogen (secondary N) is 1. The Morgan fingerprint density at radius 2 is 2.20 bits per heavy atom. The highest BCUT2D eigenvalue weighted by Crippen LogP contribution is 2.31. The zero-order chi connectivity index (χ0) is 14.7. The van der Waals surface area contributed by atoms with Crippen molar-refractivity contribution in [3.63, 3.8) is 0 Å². The highest BCUT2D eigenvalue weighted by Gasteiger charge is 2.23. The number of nitrogens with zero attached hydrogens (tertiary/aromatic N) is 3. The lowest BCUT2D eigenvalue weighted by atomic mass is 10.0. The predicted octanol–water partition coefficient (Wildman–Crippen LogP) is 3.58. The summed E-state index contributed by atoms with van der Waals surface area (Å²) in [5, 5.41) is 11.8. The molecule has 0 spiro atoms. The van der Waals surface area contributed by atoms with Crippen LogP contribution in [0.1, 0.15) is 36.2 Å². The van der Waals surface area contributed by atoms with Crippen LogP contribution in [0.2, 0.25) is 0 Å². The summed E-state index contributed by atoms with van der Waals surface area (Å²) in [7, 11) is 1.93. The minimum atomic E-state index is 0.0936. The van der Waals surface area contributed by atoms with E-state index < -0.39 is 0 Å².